The van der Waals surface area contributed by atoms with Crippen molar-refractivity contribution in [1.29, 1.82) is 5.26 Å². The van der Waals surface area contributed by atoms with Gasteiger partial charge in [-0.15, -0.1) is 0 Å². The Morgan fingerprint density at radius 3 is 2.67 bits per heavy atom. The number of nitrogens with one attached hydrogen (secondary N) is 2. The average molecular weight is 458 g/mol. The fraction of sp³-hybridized carbons (Fsp3) is 0.296. The highest BCUT2D eigenvalue weighted by Crippen LogP contribution is 2.44. The molecule has 2 aromatic carbocycles. The number of allylic oxidation sites excluding steroid dienone is 3. The summed E-state index contributed by atoms with van der Waals surface area (Å²) in [5.41, 5.74) is 7.04. The number of hydrogen-bond donors (Lipinski definition) is 2. The van der Waals surface area contributed by atoms with Crippen LogP contribution in [0.4, 0.5) is 5.69 Å². The molecule has 0 radical (unpaired) electrons. The lowest BCUT2D eigenvalue weighted by atomic mass is 9.76. The molecule has 1 aliphatic carbocycles. The standard InChI is InChI=1S/C27H27N3O2S/c1-16-11-12-21(18(3)13-16)29-24(32)15-33-27-20(14-28)25(19-8-5-4-7-17(19)2)26-22(30-27)9-6-10-23(26)31/h4-5,7-8,11-13,25,30H,6,9-10,15H2,1-3H3,(H,29,32)/t25-/m1/s1. The summed E-state index contributed by atoms with van der Waals surface area (Å²) in [6.07, 6.45) is 2.06. The first-order valence-corrected chi connectivity index (χ1v) is 12.1. The van der Waals surface area contributed by atoms with E-state index in [2.05, 4.69) is 16.7 Å². The Balaban J connectivity index is 1.62. The van der Waals surface area contributed by atoms with E-state index in [0.29, 0.717) is 22.6 Å². The number of benzene rings is 2. The lowest BCUT2D eigenvalue weighted by Crippen LogP contribution is -2.32. The molecular formula is C27H27N3O2S. The number of carbonyl (C=O) groups excluding carboxylic acids is 2. The number of aryl methyl sites for hydroxylation is 3. The van der Waals surface area contributed by atoms with Gasteiger partial charge in [-0.05, 0) is 56.4 Å². The molecule has 33 heavy (non-hydrogen) atoms. The summed E-state index contributed by atoms with van der Waals surface area (Å²) in [4.78, 5) is 25.6. The average Bonchev–Trinajstić information content (AvgIpc) is 2.79. The zero-order chi connectivity index (χ0) is 23.5. The molecule has 0 unspecified atom stereocenters. The van der Waals surface area contributed by atoms with Crippen LogP contribution < -0.4 is 10.6 Å². The fourth-order valence-electron chi connectivity index (χ4n) is 4.54. The molecule has 0 saturated heterocycles. The number of anilines is 1. The van der Waals surface area contributed by atoms with Gasteiger partial charge in [-0.3, -0.25) is 9.59 Å². The van der Waals surface area contributed by atoms with Gasteiger partial charge in [-0.2, -0.15) is 5.26 Å². The number of Topliss-reactive ketones (excluding diaryl/α,β-unsaturated/α-hetero) is 1. The minimum absolute atomic E-state index is 0.0985. The molecule has 1 amide bonds. The van der Waals surface area contributed by atoms with Crippen molar-refractivity contribution in [3.63, 3.8) is 0 Å². The molecule has 0 fully saturated rings. The number of rotatable bonds is 5. The highest BCUT2D eigenvalue weighted by molar-refractivity contribution is 8.03. The number of amides is 1. The lowest BCUT2D eigenvalue weighted by Gasteiger charge is -2.33. The SMILES string of the molecule is Cc1ccc(NC(=O)CSC2=C(C#N)[C@@H](c3ccccc3C)C3=C(CCCC3=O)N2)c(C)c1. The van der Waals surface area contributed by atoms with E-state index in [1.807, 2.05) is 63.2 Å². The van der Waals surface area contributed by atoms with Crippen LogP contribution in [0.3, 0.4) is 0 Å². The molecule has 1 atom stereocenters. The number of nitrogens with zero attached hydrogens (tertiary/aromatic N) is 1. The van der Waals surface area contributed by atoms with Gasteiger partial charge in [0, 0.05) is 23.4 Å². The molecule has 1 heterocycles. The smallest absolute Gasteiger partial charge is 0.234 e. The Kier molecular flexibility index (Phi) is 6.71. The third-order valence-corrected chi connectivity index (χ3v) is 7.18. The summed E-state index contributed by atoms with van der Waals surface area (Å²) >= 11 is 1.32. The Morgan fingerprint density at radius 2 is 1.94 bits per heavy atom. The minimum atomic E-state index is -0.398. The minimum Gasteiger partial charge on any atom is -0.352 e. The van der Waals surface area contributed by atoms with E-state index >= 15 is 0 Å². The summed E-state index contributed by atoms with van der Waals surface area (Å²) in [7, 11) is 0. The van der Waals surface area contributed by atoms with Crippen molar-refractivity contribution < 1.29 is 9.59 Å². The lowest BCUT2D eigenvalue weighted by molar-refractivity contribution is -0.116. The second-order valence-corrected chi connectivity index (χ2v) is 9.58. The number of carbonyl (C=O) groups is 2. The van der Waals surface area contributed by atoms with Crippen LogP contribution in [0, 0.1) is 32.1 Å². The van der Waals surface area contributed by atoms with Crippen LogP contribution in [0.5, 0.6) is 0 Å². The van der Waals surface area contributed by atoms with Crippen molar-refractivity contribution in [2.45, 2.75) is 46.0 Å². The number of ketones is 1. The number of hydrogen-bond acceptors (Lipinski definition) is 5. The number of dihydropyridines is 1. The third-order valence-electron chi connectivity index (χ3n) is 6.17. The van der Waals surface area contributed by atoms with Crippen LogP contribution >= 0.6 is 11.8 Å². The van der Waals surface area contributed by atoms with E-state index in [0.717, 1.165) is 46.5 Å². The molecule has 2 aliphatic rings. The number of nitriles is 1. The zero-order valence-corrected chi connectivity index (χ0v) is 19.9. The van der Waals surface area contributed by atoms with Crippen molar-refractivity contribution >= 4 is 29.1 Å². The second kappa shape index (κ2) is 9.68. The molecule has 6 heteroatoms. The monoisotopic (exact) mass is 457 g/mol. The fourth-order valence-corrected chi connectivity index (χ4v) is 5.40. The number of thioether (sulfide) groups is 1. The van der Waals surface area contributed by atoms with E-state index in [9.17, 15) is 14.9 Å². The van der Waals surface area contributed by atoms with Crippen molar-refractivity contribution in [3.05, 3.63) is 86.6 Å². The Bertz CT molecular complexity index is 1240. The van der Waals surface area contributed by atoms with E-state index < -0.39 is 5.92 Å². The zero-order valence-electron chi connectivity index (χ0n) is 19.1. The van der Waals surface area contributed by atoms with Gasteiger partial charge in [0.15, 0.2) is 5.78 Å². The first kappa shape index (κ1) is 22.9. The molecule has 1 aliphatic heterocycles. The third kappa shape index (κ3) is 4.74. The van der Waals surface area contributed by atoms with E-state index in [-0.39, 0.29) is 17.4 Å². The second-order valence-electron chi connectivity index (χ2n) is 8.59. The molecule has 4 rings (SSSR count). The summed E-state index contributed by atoms with van der Waals surface area (Å²) in [5, 5.41) is 17.1. The van der Waals surface area contributed by atoms with Crippen molar-refractivity contribution in [2.24, 2.45) is 0 Å². The van der Waals surface area contributed by atoms with E-state index in [4.69, 9.17) is 0 Å². The maximum absolute atomic E-state index is 12.9. The molecule has 2 aromatic rings. The van der Waals surface area contributed by atoms with Crippen molar-refractivity contribution in [2.75, 3.05) is 11.1 Å². The topological polar surface area (TPSA) is 82.0 Å². The highest BCUT2D eigenvalue weighted by Gasteiger charge is 2.37. The summed E-state index contributed by atoms with van der Waals surface area (Å²) in [5.74, 6) is -0.269. The Labute approximate surface area is 199 Å². The van der Waals surface area contributed by atoms with Gasteiger partial charge in [-0.25, -0.2) is 0 Å². The summed E-state index contributed by atoms with van der Waals surface area (Å²) < 4.78 is 0. The highest BCUT2D eigenvalue weighted by atomic mass is 32.2. The van der Waals surface area contributed by atoms with Crippen molar-refractivity contribution in [3.8, 4) is 6.07 Å². The maximum atomic E-state index is 12.9. The van der Waals surface area contributed by atoms with Crippen molar-refractivity contribution in [1.82, 2.24) is 5.32 Å². The first-order chi connectivity index (χ1) is 15.9. The molecule has 168 valence electrons. The molecule has 0 aromatic heterocycles. The van der Waals surface area contributed by atoms with Crippen LogP contribution in [0.25, 0.3) is 0 Å². The van der Waals surface area contributed by atoms with E-state index in [1.54, 1.807) is 0 Å². The van der Waals surface area contributed by atoms with Crippen LogP contribution in [-0.2, 0) is 9.59 Å². The molecule has 2 N–H and O–H groups in total. The van der Waals surface area contributed by atoms with Gasteiger partial charge in [0.05, 0.1) is 28.3 Å². The molecular weight excluding hydrogens is 430 g/mol. The van der Waals surface area contributed by atoms with Gasteiger partial charge in [0.1, 0.15) is 0 Å². The van der Waals surface area contributed by atoms with Gasteiger partial charge >= 0.3 is 0 Å². The maximum Gasteiger partial charge on any atom is 0.234 e. The van der Waals surface area contributed by atoms with Crippen LogP contribution in [0.15, 0.2) is 64.3 Å². The molecule has 0 bridgehead atoms. The quantitative estimate of drug-likeness (QED) is 0.627. The van der Waals surface area contributed by atoms with E-state index in [1.165, 1.54) is 11.8 Å². The van der Waals surface area contributed by atoms with Gasteiger partial charge < -0.3 is 10.6 Å². The summed E-state index contributed by atoms with van der Waals surface area (Å²) in [6, 6.07) is 16.2. The van der Waals surface area contributed by atoms with Gasteiger partial charge in [-0.1, -0.05) is 53.7 Å². The molecule has 5 nitrogen and oxygen atoms in total. The van der Waals surface area contributed by atoms with Crippen LogP contribution in [0.2, 0.25) is 0 Å². The largest absolute Gasteiger partial charge is 0.352 e. The van der Waals surface area contributed by atoms with Crippen LogP contribution in [0.1, 0.15) is 47.4 Å². The normalized spacial score (nSPS) is 17.9. The predicted molar refractivity (Wildman–Crippen MR) is 133 cm³/mol. The Hall–Kier alpha value is -3.30. The van der Waals surface area contributed by atoms with Gasteiger partial charge in [0.2, 0.25) is 5.91 Å². The van der Waals surface area contributed by atoms with Gasteiger partial charge in [0.25, 0.3) is 0 Å². The molecule has 0 spiro atoms. The predicted octanol–water partition coefficient (Wildman–Crippen LogP) is 5.41. The molecule has 0 saturated carbocycles. The first-order valence-electron chi connectivity index (χ1n) is 11.1. The Morgan fingerprint density at radius 1 is 1.15 bits per heavy atom. The summed E-state index contributed by atoms with van der Waals surface area (Å²) in [6.45, 7) is 5.99. The van der Waals surface area contributed by atoms with Crippen LogP contribution in [-0.4, -0.2) is 17.4 Å².